The normalized spacial score (nSPS) is 11.4. The summed E-state index contributed by atoms with van der Waals surface area (Å²) < 4.78 is 11.1. The maximum Gasteiger partial charge on any atom is 0.221 e. The number of methoxy groups -OCH3 is 1. The van der Waals surface area contributed by atoms with E-state index in [0.717, 1.165) is 17.8 Å². The fraction of sp³-hybridized carbons (Fsp3) is 0.692. The summed E-state index contributed by atoms with van der Waals surface area (Å²) in [5.41, 5.74) is 0.750. The third-order valence-corrected chi connectivity index (χ3v) is 2.95. The summed E-state index contributed by atoms with van der Waals surface area (Å²) in [6, 6.07) is 0. The van der Waals surface area contributed by atoms with Gasteiger partial charge < -0.3 is 14.8 Å². The van der Waals surface area contributed by atoms with Crippen LogP contribution >= 0.6 is 0 Å². The molecule has 0 amide bonds. The summed E-state index contributed by atoms with van der Waals surface area (Å²) >= 11 is 0. The highest BCUT2D eigenvalue weighted by Gasteiger charge is 2.17. The average Bonchev–Trinajstić information content (AvgIpc) is 2.33. The highest BCUT2D eigenvalue weighted by Crippen LogP contribution is 2.22. The Hall–Kier alpha value is -1.36. The van der Waals surface area contributed by atoms with Crippen LogP contribution < -0.4 is 10.1 Å². The van der Waals surface area contributed by atoms with Crippen LogP contribution in [0.3, 0.4) is 0 Å². The maximum atomic E-state index is 5.73. The zero-order chi connectivity index (χ0) is 13.8. The van der Waals surface area contributed by atoms with E-state index in [9.17, 15) is 0 Å². The van der Waals surface area contributed by atoms with E-state index in [4.69, 9.17) is 9.47 Å². The van der Waals surface area contributed by atoms with Gasteiger partial charge in [-0.1, -0.05) is 0 Å². The molecule has 0 spiro atoms. The second-order valence-electron chi connectivity index (χ2n) is 4.86. The van der Waals surface area contributed by atoms with Gasteiger partial charge in [-0.2, -0.15) is 4.98 Å². The molecule has 0 aliphatic rings. The third-order valence-electron chi connectivity index (χ3n) is 2.95. The van der Waals surface area contributed by atoms with Crippen LogP contribution in [0.1, 0.15) is 31.7 Å². The lowest BCUT2D eigenvalue weighted by atomic mass is 10.1. The molecule has 0 radical (unpaired) electrons. The zero-order valence-corrected chi connectivity index (χ0v) is 12.1. The van der Waals surface area contributed by atoms with Gasteiger partial charge in [0.05, 0.1) is 17.8 Å². The van der Waals surface area contributed by atoms with Gasteiger partial charge in [0.1, 0.15) is 11.6 Å². The van der Waals surface area contributed by atoms with E-state index in [1.807, 2.05) is 34.7 Å². The predicted octanol–water partition coefficient (Wildman–Crippen LogP) is 2.33. The Bertz CT molecular complexity index is 405. The highest BCUT2D eigenvalue weighted by atomic mass is 16.5. The lowest BCUT2D eigenvalue weighted by Gasteiger charge is -2.22. The van der Waals surface area contributed by atoms with Gasteiger partial charge in [0, 0.05) is 20.6 Å². The van der Waals surface area contributed by atoms with Crippen LogP contribution in [-0.4, -0.2) is 36.3 Å². The molecule has 0 unspecified atom stereocenters. The maximum absolute atomic E-state index is 5.73. The number of hydrogen-bond donors (Lipinski definition) is 1. The van der Waals surface area contributed by atoms with Gasteiger partial charge in [-0.3, -0.25) is 0 Å². The Morgan fingerprint density at radius 3 is 2.44 bits per heavy atom. The van der Waals surface area contributed by atoms with Gasteiger partial charge in [-0.15, -0.1) is 0 Å². The fourth-order valence-corrected chi connectivity index (χ4v) is 1.48. The van der Waals surface area contributed by atoms with Crippen LogP contribution in [0, 0.1) is 13.8 Å². The van der Waals surface area contributed by atoms with E-state index in [-0.39, 0.29) is 5.60 Å². The predicted molar refractivity (Wildman–Crippen MR) is 72.3 cm³/mol. The smallest absolute Gasteiger partial charge is 0.221 e. The molecule has 1 heterocycles. The minimum Gasteiger partial charge on any atom is -0.477 e. The summed E-state index contributed by atoms with van der Waals surface area (Å²) in [5.74, 6) is 2.15. The molecule has 0 saturated carbocycles. The fourth-order valence-electron chi connectivity index (χ4n) is 1.48. The Balaban J connectivity index is 2.70. The van der Waals surface area contributed by atoms with Crippen molar-refractivity contribution in [2.75, 3.05) is 26.1 Å². The van der Waals surface area contributed by atoms with Crippen LogP contribution in [0.4, 0.5) is 5.82 Å². The monoisotopic (exact) mass is 253 g/mol. The van der Waals surface area contributed by atoms with E-state index in [1.165, 1.54) is 0 Å². The molecule has 102 valence electrons. The van der Waals surface area contributed by atoms with E-state index in [1.54, 1.807) is 7.11 Å². The van der Waals surface area contributed by atoms with Crippen molar-refractivity contribution in [3.8, 4) is 5.88 Å². The molecule has 1 rings (SSSR count). The second kappa shape index (κ2) is 6.00. The average molecular weight is 253 g/mol. The molecule has 0 aliphatic carbocycles. The quantitative estimate of drug-likeness (QED) is 0.843. The zero-order valence-electron chi connectivity index (χ0n) is 12.1. The number of anilines is 1. The Morgan fingerprint density at radius 1 is 1.22 bits per heavy atom. The van der Waals surface area contributed by atoms with Crippen molar-refractivity contribution in [2.45, 2.75) is 39.7 Å². The minimum atomic E-state index is -0.179. The minimum absolute atomic E-state index is 0.179. The molecule has 1 aromatic rings. The first-order valence-corrected chi connectivity index (χ1v) is 6.10. The molecule has 0 atom stereocenters. The van der Waals surface area contributed by atoms with Gasteiger partial charge in [-0.05, 0) is 27.7 Å². The molecule has 0 fully saturated rings. The highest BCUT2D eigenvalue weighted by molar-refractivity contribution is 5.47. The standard InChI is InChI=1S/C13H23N3O2/c1-9-11(14-5)15-10(2)16-12(9)18-8-7-13(3,4)17-6/h7-8H2,1-6H3,(H,14,15,16). The Kier molecular flexibility index (Phi) is 4.90. The Morgan fingerprint density at radius 2 is 1.89 bits per heavy atom. The molecule has 0 saturated heterocycles. The van der Waals surface area contributed by atoms with Crippen molar-refractivity contribution in [3.05, 3.63) is 11.4 Å². The van der Waals surface area contributed by atoms with Crippen LogP contribution in [0.25, 0.3) is 0 Å². The molecular formula is C13H23N3O2. The molecule has 18 heavy (non-hydrogen) atoms. The Labute approximate surface area is 109 Å². The number of ether oxygens (including phenoxy) is 2. The third kappa shape index (κ3) is 3.84. The number of nitrogens with zero attached hydrogens (tertiary/aromatic N) is 2. The number of hydrogen-bond acceptors (Lipinski definition) is 5. The van der Waals surface area contributed by atoms with Gasteiger partial charge in [0.15, 0.2) is 0 Å². The largest absolute Gasteiger partial charge is 0.477 e. The molecule has 5 heteroatoms. The van der Waals surface area contributed by atoms with Crippen molar-refractivity contribution < 1.29 is 9.47 Å². The van der Waals surface area contributed by atoms with Crippen LogP contribution in [-0.2, 0) is 4.74 Å². The lowest BCUT2D eigenvalue weighted by Crippen LogP contribution is -2.25. The van der Waals surface area contributed by atoms with Crippen LogP contribution in [0.2, 0.25) is 0 Å². The molecule has 0 bridgehead atoms. The van der Waals surface area contributed by atoms with Gasteiger partial charge in [0.2, 0.25) is 5.88 Å². The van der Waals surface area contributed by atoms with Crippen molar-refractivity contribution in [1.82, 2.24) is 9.97 Å². The van der Waals surface area contributed by atoms with E-state index in [0.29, 0.717) is 18.3 Å². The topological polar surface area (TPSA) is 56.3 Å². The molecule has 1 N–H and O–H groups in total. The number of nitrogens with one attached hydrogen (secondary N) is 1. The van der Waals surface area contributed by atoms with Gasteiger partial charge in [-0.25, -0.2) is 4.98 Å². The lowest BCUT2D eigenvalue weighted by molar-refractivity contribution is 0.00501. The first-order chi connectivity index (χ1) is 8.39. The van der Waals surface area contributed by atoms with Crippen molar-refractivity contribution in [3.63, 3.8) is 0 Å². The van der Waals surface area contributed by atoms with E-state index < -0.39 is 0 Å². The van der Waals surface area contributed by atoms with Gasteiger partial charge >= 0.3 is 0 Å². The van der Waals surface area contributed by atoms with Gasteiger partial charge in [0.25, 0.3) is 0 Å². The second-order valence-corrected chi connectivity index (χ2v) is 4.86. The van der Waals surface area contributed by atoms with Crippen LogP contribution in [0.5, 0.6) is 5.88 Å². The van der Waals surface area contributed by atoms with E-state index in [2.05, 4.69) is 15.3 Å². The van der Waals surface area contributed by atoms with Crippen molar-refractivity contribution in [2.24, 2.45) is 0 Å². The first kappa shape index (κ1) is 14.7. The van der Waals surface area contributed by atoms with E-state index >= 15 is 0 Å². The first-order valence-electron chi connectivity index (χ1n) is 6.10. The molecule has 0 aromatic carbocycles. The number of rotatable bonds is 6. The summed E-state index contributed by atoms with van der Waals surface area (Å²) in [6.07, 6.45) is 0.806. The summed E-state index contributed by atoms with van der Waals surface area (Å²) in [6.45, 7) is 8.44. The van der Waals surface area contributed by atoms with Crippen molar-refractivity contribution in [1.29, 1.82) is 0 Å². The molecule has 1 aromatic heterocycles. The number of aromatic nitrogens is 2. The molecule has 5 nitrogen and oxygen atoms in total. The van der Waals surface area contributed by atoms with Crippen LogP contribution in [0.15, 0.2) is 0 Å². The summed E-state index contributed by atoms with van der Waals surface area (Å²) in [5, 5.41) is 3.04. The number of aryl methyl sites for hydroxylation is 1. The summed E-state index contributed by atoms with van der Waals surface area (Å²) in [4.78, 5) is 8.61. The molecule has 0 aliphatic heterocycles. The van der Waals surface area contributed by atoms with Crippen molar-refractivity contribution >= 4 is 5.82 Å². The summed E-state index contributed by atoms with van der Waals surface area (Å²) in [7, 11) is 3.55. The SMILES string of the molecule is CNc1nc(C)nc(OCCC(C)(C)OC)c1C. The molecular weight excluding hydrogens is 230 g/mol.